The van der Waals surface area contributed by atoms with E-state index in [2.05, 4.69) is 16.7 Å². The van der Waals surface area contributed by atoms with Crippen LogP contribution in [-0.4, -0.2) is 4.21 Å². The van der Waals surface area contributed by atoms with Crippen molar-refractivity contribution in [2.75, 3.05) is 0 Å². The van der Waals surface area contributed by atoms with Gasteiger partial charge in [-0.05, 0) is 55.2 Å². The summed E-state index contributed by atoms with van der Waals surface area (Å²) in [6, 6.07) is 24.7. The Balaban J connectivity index is 0.00000324. The molecular weight excluding hydrogens is 570 g/mol. The Morgan fingerprint density at radius 2 is 1.50 bits per heavy atom. The number of halogens is 4. The molecule has 0 saturated heterocycles. The number of alkyl halides is 3. The molecule has 4 rings (SSSR count). The van der Waals surface area contributed by atoms with Gasteiger partial charge in [-0.3, -0.25) is 0 Å². The third-order valence-electron chi connectivity index (χ3n) is 5.62. The fourth-order valence-corrected chi connectivity index (χ4v) is 5.09. The minimum absolute atomic E-state index is 0. The van der Waals surface area contributed by atoms with Crippen molar-refractivity contribution in [3.8, 4) is 0 Å². The molecule has 178 valence electrons. The second-order valence-electron chi connectivity index (χ2n) is 8.02. The van der Waals surface area contributed by atoms with Crippen molar-refractivity contribution < 1.29 is 45.9 Å². The lowest BCUT2D eigenvalue weighted by molar-refractivity contribution is -0.673. The molecule has 0 fully saturated rings. The summed E-state index contributed by atoms with van der Waals surface area (Å²) in [5, 5.41) is 0.916. The van der Waals surface area contributed by atoms with Gasteiger partial charge in [-0.1, -0.05) is 48.5 Å². The first-order valence-corrected chi connectivity index (χ1v) is 12.1. The SMILES string of the molecule is O=S(c1cccc(C(F)(F)F)c1)c1cc2ccccc2[n+](CCCCCc2ccccc2)c1.[I-]. The number of benzene rings is 3. The lowest BCUT2D eigenvalue weighted by Gasteiger charge is -2.09. The fourth-order valence-electron chi connectivity index (χ4n) is 3.93. The third kappa shape index (κ3) is 6.66. The van der Waals surface area contributed by atoms with Crippen LogP contribution in [0.5, 0.6) is 0 Å². The number of nitrogens with zero attached hydrogens (tertiary/aromatic N) is 1. The maximum Gasteiger partial charge on any atom is 0.416 e. The Labute approximate surface area is 217 Å². The summed E-state index contributed by atoms with van der Waals surface area (Å²) in [4.78, 5) is 0.645. The predicted octanol–water partition coefficient (Wildman–Crippen LogP) is 3.73. The van der Waals surface area contributed by atoms with Crippen molar-refractivity contribution in [1.82, 2.24) is 0 Å². The average Bonchev–Trinajstić information content (AvgIpc) is 2.83. The van der Waals surface area contributed by atoms with E-state index in [-0.39, 0.29) is 28.9 Å². The molecule has 1 unspecified atom stereocenters. The summed E-state index contributed by atoms with van der Waals surface area (Å²) in [5.74, 6) is 0. The smallest absolute Gasteiger partial charge is 0.416 e. The van der Waals surface area contributed by atoms with E-state index < -0.39 is 22.5 Å². The van der Waals surface area contributed by atoms with Gasteiger partial charge in [0, 0.05) is 22.8 Å². The first kappa shape index (κ1) is 26.3. The van der Waals surface area contributed by atoms with E-state index in [1.54, 1.807) is 6.07 Å². The predicted molar refractivity (Wildman–Crippen MR) is 124 cm³/mol. The molecule has 1 aromatic heterocycles. The van der Waals surface area contributed by atoms with Crippen molar-refractivity contribution in [2.45, 2.75) is 48.2 Å². The van der Waals surface area contributed by atoms with Crippen LogP contribution in [0.3, 0.4) is 0 Å². The molecule has 4 aromatic rings. The van der Waals surface area contributed by atoms with Crippen molar-refractivity contribution in [1.29, 1.82) is 0 Å². The Kier molecular flexibility index (Phi) is 9.24. The zero-order chi connectivity index (χ0) is 23.3. The topological polar surface area (TPSA) is 20.9 Å². The molecule has 0 spiro atoms. The number of para-hydroxylation sites is 1. The molecular formula is C27H25F3INOS. The normalized spacial score (nSPS) is 12.3. The van der Waals surface area contributed by atoms with Gasteiger partial charge < -0.3 is 24.0 Å². The molecule has 2 nitrogen and oxygen atoms in total. The van der Waals surface area contributed by atoms with Crippen LogP contribution in [0.4, 0.5) is 13.2 Å². The Morgan fingerprint density at radius 1 is 0.765 bits per heavy atom. The fraction of sp³-hybridized carbons (Fsp3) is 0.222. The van der Waals surface area contributed by atoms with Gasteiger partial charge in [0.25, 0.3) is 0 Å². The molecule has 0 aliphatic rings. The van der Waals surface area contributed by atoms with Gasteiger partial charge in [-0.15, -0.1) is 0 Å². The second-order valence-corrected chi connectivity index (χ2v) is 9.50. The number of hydrogen-bond acceptors (Lipinski definition) is 1. The minimum atomic E-state index is -4.47. The molecule has 7 heteroatoms. The Hall–Kier alpha value is -2.26. The van der Waals surface area contributed by atoms with E-state index in [1.165, 1.54) is 17.7 Å². The van der Waals surface area contributed by atoms with Gasteiger partial charge in [-0.2, -0.15) is 17.7 Å². The molecule has 3 aromatic carbocycles. The van der Waals surface area contributed by atoms with E-state index in [9.17, 15) is 17.4 Å². The minimum Gasteiger partial charge on any atom is -1.00 e. The Bertz CT molecular complexity index is 1260. The van der Waals surface area contributed by atoms with E-state index in [1.807, 2.05) is 48.7 Å². The highest BCUT2D eigenvalue weighted by atomic mass is 127. The molecule has 0 aliphatic carbocycles. The largest absolute Gasteiger partial charge is 1.00 e. The number of rotatable bonds is 8. The highest BCUT2D eigenvalue weighted by Crippen LogP contribution is 2.31. The van der Waals surface area contributed by atoms with Gasteiger partial charge in [-0.25, -0.2) is 4.21 Å². The number of fused-ring (bicyclic) bond motifs is 1. The monoisotopic (exact) mass is 595 g/mol. The van der Waals surface area contributed by atoms with Crippen molar-refractivity contribution in [2.24, 2.45) is 0 Å². The number of aryl methyl sites for hydroxylation is 2. The number of aromatic nitrogens is 1. The second kappa shape index (κ2) is 11.9. The molecule has 1 heterocycles. The van der Waals surface area contributed by atoms with Crippen LogP contribution in [0.2, 0.25) is 0 Å². The summed E-state index contributed by atoms with van der Waals surface area (Å²) in [6.45, 7) is 0.753. The summed E-state index contributed by atoms with van der Waals surface area (Å²) < 4.78 is 54.6. The average molecular weight is 595 g/mol. The van der Waals surface area contributed by atoms with Crippen LogP contribution in [0.15, 0.2) is 101 Å². The van der Waals surface area contributed by atoms with Gasteiger partial charge in [0.2, 0.25) is 5.52 Å². The van der Waals surface area contributed by atoms with E-state index in [0.29, 0.717) is 4.90 Å². The maximum absolute atomic E-state index is 13.2. The molecule has 0 bridgehead atoms. The van der Waals surface area contributed by atoms with Gasteiger partial charge in [0.15, 0.2) is 6.20 Å². The summed E-state index contributed by atoms with van der Waals surface area (Å²) in [5.41, 5.74) is 1.56. The quantitative estimate of drug-likeness (QED) is 0.173. The summed E-state index contributed by atoms with van der Waals surface area (Å²) in [6.07, 6.45) is 1.47. The van der Waals surface area contributed by atoms with Crippen LogP contribution in [0.1, 0.15) is 30.4 Å². The lowest BCUT2D eigenvalue weighted by atomic mass is 10.1. The van der Waals surface area contributed by atoms with Crippen molar-refractivity contribution in [3.63, 3.8) is 0 Å². The summed E-state index contributed by atoms with van der Waals surface area (Å²) >= 11 is 0. The molecule has 0 amide bonds. The molecule has 1 atom stereocenters. The number of hydrogen-bond donors (Lipinski definition) is 0. The molecule has 0 radical (unpaired) electrons. The maximum atomic E-state index is 13.2. The van der Waals surface area contributed by atoms with Crippen LogP contribution in [0, 0.1) is 0 Å². The molecule has 0 aliphatic heterocycles. The van der Waals surface area contributed by atoms with Crippen LogP contribution >= 0.6 is 0 Å². The van der Waals surface area contributed by atoms with Gasteiger partial charge in [0.1, 0.15) is 11.4 Å². The highest BCUT2D eigenvalue weighted by Gasteiger charge is 2.31. The molecule has 0 saturated carbocycles. The first-order valence-electron chi connectivity index (χ1n) is 11.0. The van der Waals surface area contributed by atoms with Crippen molar-refractivity contribution >= 4 is 21.7 Å². The van der Waals surface area contributed by atoms with Gasteiger partial charge in [0.05, 0.1) is 16.4 Å². The number of pyridine rings is 1. The number of unbranched alkanes of at least 4 members (excludes halogenated alkanes) is 2. The zero-order valence-electron chi connectivity index (χ0n) is 18.5. The van der Waals surface area contributed by atoms with Gasteiger partial charge >= 0.3 is 6.18 Å². The van der Waals surface area contributed by atoms with Crippen LogP contribution in [0.25, 0.3) is 10.9 Å². The summed E-state index contributed by atoms with van der Waals surface area (Å²) in [7, 11) is -1.71. The lowest BCUT2D eigenvalue weighted by Crippen LogP contribution is -3.00. The van der Waals surface area contributed by atoms with E-state index in [0.717, 1.165) is 55.3 Å². The van der Waals surface area contributed by atoms with Crippen molar-refractivity contribution in [3.05, 3.63) is 102 Å². The van der Waals surface area contributed by atoms with Crippen LogP contribution in [-0.2, 0) is 29.9 Å². The zero-order valence-corrected chi connectivity index (χ0v) is 21.4. The van der Waals surface area contributed by atoms with E-state index >= 15 is 0 Å². The Morgan fingerprint density at radius 3 is 2.26 bits per heavy atom. The highest BCUT2D eigenvalue weighted by molar-refractivity contribution is 7.85. The van der Waals surface area contributed by atoms with E-state index in [4.69, 9.17) is 0 Å². The standard InChI is InChI=1S/C27H25F3NOS.HI/c28-27(29,30)23-14-9-15-24(19-23)33(32)25-18-22-13-6-7-16-26(22)31(20-25)17-8-2-5-12-21-10-3-1-4-11-21;/h1,3-4,6-7,9-11,13-16,18-20H,2,5,8,12,17H2;1H/q+1;/p-1. The molecule has 0 N–H and O–H groups in total. The third-order valence-corrected chi connectivity index (χ3v) is 6.96. The first-order chi connectivity index (χ1) is 15.9. The molecule has 34 heavy (non-hydrogen) atoms. The van der Waals surface area contributed by atoms with Crippen LogP contribution < -0.4 is 28.5 Å².